The predicted octanol–water partition coefficient (Wildman–Crippen LogP) is 15.3. The van der Waals surface area contributed by atoms with Crippen molar-refractivity contribution in [3.05, 3.63) is 84.4 Å². The van der Waals surface area contributed by atoms with Gasteiger partial charge in [-0.15, -0.1) is 6.58 Å². The van der Waals surface area contributed by atoms with Crippen molar-refractivity contribution in [2.75, 3.05) is 97.1 Å². The van der Waals surface area contributed by atoms with Gasteiger partial charge in [0.15, 0.2) is 0 Å². The number of methoxy groups -OCH3 is 11. The van der Waals surface area contributed by atoms with Crippen LogP contribution in [0.3, 0.4) is 0 Å². The Kier molecular flexibility index (Phi) is 83.7. The fourth-order valence-electron chi connectivity index (χ4n) is 15.4. The van der Waals surface area contributed by atoms with E-state index in [1.165, 1.54) is 66.4 Å². The summed E-state index contributed by atoms with van der Waals surface area (Å²) in [7, 11) is 14.8. The summed E-state index contributed by atoms with van der Waals surface area (Å²) in [6.07, 6.45) is 3.91. The van der Waals surface area contributed by atoms with Crippen molar-refractivity contribution >= 4 is 356 Å². The first-order valence-corrected chi connectivity index (χ1v) is 71.8. The third-order valence-electron chi connectivity index (χ3n) is 22.1. The van der Waals surface area contributed by atoms with Gasteiger partial charge in [-0.3, -0.25) is 76.7 Å². The average molecular weight is 3330 g/mol. The van der Waals surface area contributed by atoms with Gasteiger partial charge < -0.3 is 97.2 Å². The number of amides is 1. The Balaban J connectivity index is -0.000000738. The molecule has 37 nitrogen and oxygen atoms in total. The molecule has 0 heterocycles. The van der Waals surface area contributed by atoms with Crippen LogP contribution in [0.15, 0.2) is 73.3 Å². The van der Waals surface area contributed by atoms with Gasteiger partial charge in [0.05, 0.1) is 179 Å². The molecule has 0 saturated heterocycles. The van der Waals surface area contributed by atoms with Gasteiger partial charge in [0.25, 0.3) is 0 Å². The quantitative estimate of drug-likeness (QED) is 0.0177. The van der Waals surface area contributed by atoms with Crippen molar-refractivity contribution in [1.82, 2.24) is 5.32 Å². The number of carboxylic acid groups (broad SMARTS) is 3. The average Bonchev–Trinajstić information content (AvgIpc) is 1.58. The Morgan fingerprint density at radius 2 is 0.635 bits per heavy atom. The third-order valence-corrected chi connectivity index (χ3v) is 22.1. The minimum absolute atomic E-state index is 0. The second-order valence-electron chi connectivity index (χ2n) is 29.8. The van der Waals surface area contributed by atoms with Crippen molar-refractivity contribution < 1.29 is 178 Å². The minimum atomic E-state index is -1.20. The predicted molar refractivity (Wildman–Crippen MR) is 601 cm³/mol. The van der Waals surface area contributed by atoms with Crippen LogP contribution in [0.4, 0.5) is 0 Å². The van der Waals surface area contributed by atoms with E-state index in [0.717, 1.165) is 11.1 Å². The molecule has 782 valence electrons. The Morgan fingerprint density at radius 1 is 0.409 bits per heavy atom. The van der Waals surface area contributed by atoms with E-state index in [9.17, 15) is 91.7 Å². The van der Waals surface area contributed by atoms with Gasteiger partial charge in [0.2, 0.25) is 5.91 Å². The summed E-state index contributed by atoms with van der Waals surface area (Å²) < 4.78 is 70.1. The number of Topliss-reactive ketones (excluding diaryl/α,β-unsaturated/α-hetero) is 2. The topological polar surface area (TPSA) is 533 Å². The second kappa shape index (κ2) is 80.7. The van der Waals surface area contributed by atoms with E-state index in [1.54, 1.807) is 27.2 Å². The van der Waals surface area contributed by atoms with Gasteiger partial charge >= 0.3 is 148 Å². The van der Waals surface area contributed by atoms with Crippen LogP contribution in [-0.4, -0.2) is 260 Å². The molecule has 0 unspecified atom stereocenters. The van der Waals surface area contributed by atoms with Gasteiger partial charge in [-0.2, -0.15) is 0 Å². The molecule has 0 bridgehead atoms. The number of ketones is 2. The Labute approximate surface area is 956 Å². The summed E-state index contributed by atoms with van der Waals surface area (Å²) in [5, 5.41) is 47.7. The molecule has 6 N–H and O–H groups in total. The number of esters is 11. The Hall–Kier alpha value is -1.29. The molecule has 1 amide bonds. The molecule has 50 heteroatoms. The number of carbonyl (C=O) groups excluding carboxylic acids is 14. The maximum atomic E-state index is 12.7. The molecule has 2 aromatic carbocycles. The van der Waals surface area contributed by atoms with Crippen molar-refractivity contribution in [3.63, 3.8) is 0 Å². The SMILES string of the molecule is C.C=C[C@@H]1C[C@]1(NC(=O)[C@@H]1C[C@@H](OC)C[C@H]1C(=O)OC)C(=O)OCC.CI.CI.COC(=O)[C@@H]1CC(=O)C[C@H]1C(=O)OC.COC(=O)[C@@H]1CC(O)C[C@H]1C(=O)OC.COC(=O)[C@@H]1C[C@@H](O)C[C@H]1C(=O)OCc1ccccc1.COC(=O)[C@@H]1C[C@H](OC)C[C@H]1C(=O)O.COC(=O)[C@@H]1C[C@H](OC)C[C@H]1C(=O)OCc1ccccc1.IC(I)I.ICI.II.O=C1C[C@@H](C(=O)O)[C@H](C(=O)O)C1.[I][V]([I])[I]. The van der Waals surface area contributed by atoms with Crippen LogP contribution >= 0.6 is 255 Å². The summed E-state index contributed by atoms with van der Waals surface area (Å²) in [6, 6.07) is 18.8. The molecule has 0 aromatic heterocycles. The van der Waals surface area contributed by atoms with Crippen molar-refractivity contribution in [3.8, 4) is 0 Å². The number of benzene rings is 2. The molecular formula is C87H124I12NO36V. The zero-order valence-electron chi connectivity index (χ0n) is 77.0. The van der Waals surface area contributed by atoms with Crippen molar-refractivity contribution in [2.45, 2.75) is 160 Å². The number of nitrogens with one attached hydrogen (secondary N) is 1. The summed E-state index contributed by atoms with van der Waals surface area (Å²) in [5.41, 5.74) is 0.747. The van der Waals surface area contributed by atoms with E-state index in [-0.39, 0.29) is 137 Å². The molecule has 8 aliphatic carbocycles. The third kappa shape index (κ3) is 52.9. The monoisotopic (exact) mass is 3330 g/mol. The number of ether oxygens (including phenoxy) is 14. The molecule has 8 aliphatic rings. The molecule has 137 heavy (non-hydrogen) atoms. The number of carbonyl (C=O) groups is 17. The first-order valence-electron chi connectivity index (χ1n) is 40.9. The molecule has 0 spiro atoms. The molecular weight excluding hydrogens is 3210 g/mol. The van der Waals surface area contributed by atoms with E-state index < -0.39 is 172 Å². The fraction of sp³-hybridized carbons (Fsp3) is 0.644. The van der Waals surface area contributed by atoms with E-state index in [2.05, 4.69) is 296 Å². The molecule has 20 atom stereocenters. The number of alkyl halides is 7. The number of carboxylic acids is 3. The fourth-order valence-corrected chi connectivity index (χ4v) is 15.4. The van der Waals surface area contributed by atoms with Crippen LogP contribution in [0.5, 0.6) is 0 Å². The maximum absolute atomic E-state index is 12.7. The van der Waals surface area contributed by atoms with Crippen molar-refractivity contribution in [2.24, 2.45) is 88.8 Å². The Bertz CT molecular complexity index is 3900. The van der Waals surface area contributed by atoms with Gasteiger partial charge in [-0.25, -0.2) is 4.79 Å². The van der Waals surface area contributed by atoms with Gasteiger partial charge in [-0.1, -0.05) is 232 Å². The van der Waals surface area contributed by atoms with E-state index >= 15 is 0 Å². The summed E-state index contributed by atoms with van der Waals surface area (Å²) in [6.45, 7) is 6.02. The number of aliphatic hydroxyl groups is 2. The van der Waals surface area contributed by atoms with Crippen LogP contribution in [0.2, 0.25) is 0 Å². The molecule has 8 saturated carbocycles. The van der Waals surface area contributed by atoms with Crippen LogP contribution in [-0.2, 0) is 166 Å². The second-order valence-corrected chi connectivity index (χ2v) is 80.5. The number of hydrogen-bond acceptors (Lipinski definition) is 33. The first-order chi connectivity index (χ1) is 64.4. The number of halogens is 12. The van der Waals surface area contributed by atoms with Gasteiger partial charge in [-0.05, 0) is 98.5 Å². The number of aliphatic carboxylic acids is 3. The van der Waals surface area contributed by atoms with Crippen molar-refractivity contribution in [1.29, 1.82) is 0 Å². The zero-order chi connectivity index (χ0) is 105. The molecule has 10 rings (SSSR count). The number of hydrogen-bond donors (Lipinski definition) is 6. The summed E-state index contributed by atoms with van der Waals surface area (Å²) in [4.78, 5) is 198. The molecule has 8 fully saturated rings. The van der Waals surface area contributed by atoms with Crippen LogP contribution in [0, 0.1) is 88.8 Å². The van der Waals surface area contributed by atoms with E-state index in [0.29, 0.717) is 44.9 Å². The standard InChI is InChI=1S/C17H25NO6.C16H20O5.C15H18O5.2C9H14O5.C9H12O5.C7H8O5.CHI3.CH2I2.2CH3I.CH4.I2.3HI.V/c1-5-10-9-17(10,16(21)24-6-2)18-14(19)12-7-11(22-3)8-13(12)15(20)23-4;1-19-12-8-13(15(17)20-2)14(9-12)16(18)21-10-11-6-4-3-5-7-11;1-19-14(17)12-7-11(16)8-13(12)15(18)20-9-10-5-3-2-4-6-10;1-13-5-3-6(8(10)11)7(4-5)9(12)14-2;2*1-13-8(11)6-3-5(10)4-7(6)9(12)14-2;8-3-1-4(6(9)10)5(2-3)7(11)12;2-1(3)4;2-1-3;2*1-2;;1-2;;;;/h5,10-13H,1,6-9H2,2-4H3,(H,18,19);3-7,12-14H,8-10H2,1-2H3;2-6,11-13,16H,7-9H2,1H3;5-7H,3-4H2,1-2H3,(H,10,11);5-7,10H,3-4H2,1-2H3;6-7H,3-4H2,1-2H3;4-5H,1-2H2,(H,9,10)(H,11,12);1H;1H2;2*1H3;1H4;;3*1H;/q;;;;;;;;;;;;;;;;+3/p-3/t10-,11-,12-,13-,17-;12-,13+,14+;11-,12-,13-;5-,6-,7-;2*6-,7-;4-,5-;;;;;;;;;;/m1011111........../s1. The van der Waals surface area contributed by atoms with E-state index in [4.69, 9.17) is 53.2 Å². The van der Waals surface area contributed by atoms with Crippen LogP contribution in [0.25, 0.3) is 0 Å². The van der Waals surface area contributed by atoms with Gasteiger partial charge in [0.1, 0.15) is 30.3 Å². The first kappa shape index (κ1) is 142. The number of aliphatic hydroxyl groups excluding tert-OH is 2. The van der Waals surface area contributed by atoms with Crippen LogP contribution in [0.1, 0.15) is 122 Å². The number of rotatable bonds is 25. The molecule has 2 aromatic rings. The zero-order valence-corrected chi connectivity index (χ0v) is 104. The normalized spacial score (nSPS) is 25.4. The van der Waals surface area contributed by atoms with E-state index in [1.807, 2.05) is 70.5 Å². The molecule has 0 radical (unpaired) electrons. The summed E-state index contributed by atoms with van der Waals surface area (Å²) >= 11 is 27.4. The summed E-state index contributed by atoms with van der Waals surface area (Å²) in [5.74, 6) is -18.4. The van der Waals surface area contributed by atoms with Gasteiger partial charge in [0, 0.05) is 90.2 Å². The van der Waals surface area contributed by atoms with Crippen LogP contribution < -0.4 is 5.32 Å². The Morgan fingerprint density at radius 3 is 0.883 bits per heavy atom. The molecule has 0 aliphatic heterocycles.